The zero-order valence-electron chi connectivity index (χ0n) is 13.8. The van der Waals surface area contributed by atoms with E-state index < -0.39 is 12.8 Å². The highest BCUT2D eigenvalue weighted by molar-refractivity contribution is 8.05. The number of imidazole rings is 1. The predicted molar refractivity (Wildman–Crippen MR) is 96.7 cm³/mol. The molecule has 138 valence electrons. The van der Waals surface area contributed by atoms with E-state index in [0.717, 1.165) is 0 Å². The Morgan fingerprint density at radius 3 is 2.84 bits per heavy atom. The Morgan fingerprint density at radius 2 is 2.16 bits per heavy atom. The monoisotopic (exact) mass is 407 g/mol. The van der Waals surface area contributed by atoms with Gasteiger partial charge in [-0.25, -0.2) is 4.98 Å². The largest absolute Gasteiger partial charge is 0.369 e. The number of hydrogen-bond donors (Lipinski definition) is 1. The number of anilines is 1. The van der Waals surface area contributed by atoms with Gasteiger partial charge in [-0.15, -0.1) is 11.8 Å². The van der Waals surface area contributed by atoms with Crippen molar-refractivity contribution in [1.82, 2.24) is 19.5 Å². The molecule has 2 aromatic rings. The van der Waals surface area contributed by atoms with Crippen LogP contribution in [-0.2, 0) is 24.9 Å². The summed E-state index contributed by atoms with van der Waals surface area (Å²) in [7, 11) is -3.31. The minimum atomic E-state index is -3.31. The second-order valence-electron chi connectivity index (χ2n) is 5.22. The Labute approximate surface area is 154 Å². The molecule has 9 nitrogen and oxygen atoms in total. The zero-order chi connectivity index (χ0) is 18.0. The molecule has 1 aliphatic rings. The van der Waals surface area contributed by atoms with E-state index in [1.807, 2.05) is 0 Å². The van der Waals surface area contributed by atoms with Crippen LogP contribution in [-0.4, -0.2) is 49.8 Å². The molecule has 1 saturated heterocycles. The van der Waals surface area contributed by atoms with Gasteiger partial charge in [0.25, 0.3) is 0 Å². The van der Waals surface area contributed by atoms with Crippen molar-refractivity contribution in [3.8, 4) is 0 Å². The molecule has 0 bridgehead atoms. The van der Waals surface area contributed by atoms with Gasteiger partial charge in [-0.2, -0.15) is 9.97 Å². The standard InChI is InChI=1S/C13H19ClN5O4PS/c1-3-21-24(20,22-4-2)13-23-8(6-25-13)5-19-7-16-9-10(14)17-12(15)18-11(9)19/h7-8,13H,3-6H2,1-2H3,(H2,15,17,18). The van der Waals surface area contributed by atoms with Crippen molar-refractivity contribution in [3.05, 3.63) is 11.5 Å². The first-order chi connectivity index (χ1) is 12.0. The van der Waals surface area contributed by atoms with Gasteiger partial charge in [0.2, 0.25) is 11.1 Å². The van der Waals surface area contributed by atoms with Crippen LogP contribution in [0.3, 0.4) is 0 Å². The van der Waals surface area contributed by atoms with E-state index in [2.05, 4.69) is 15.0 Å². The quantitative estimate of drug-likeness (QED) is 0.546. The molecule has 12 heteroatoms. The summed E-state index contributed by atoms with van der Waals surface area (Å²) >= 11 is 7.45. The molecule has 0 amide bonds. The number of hydrogen-bond acceptors (Lipinski definition) is 9. The van der Waals surface area contributed by atoms with Crippen LogP contribution in [0.4, 0.5) is 5.95 Å². The van der Waals surface area contributed by atoms with Gasteiger partial charge >= 0.3 is 7.60 Å². The Bertz CT molecular complexity index is 796. The van der Waals surface area contributed by atoms with Gasteiger partial charge in [-0.05, 0) is 13.8 Å². The Morgan fingerprint density at radius 1 is 1.44 bits per heavy atom. The van der Waals surface area contributed by atoms with E-state index in [4.69, 9.17) is 31.1 Å². The number of ether oxygens (including phenoxy) is 1. The smallest absolute Gasteiger partial charge is 0.368 e. The lowest BCUT2D eigenvalue weighted by Gasteiger charge is -2.22. The lowest BCUT2D eigenvalue weighted by Crippen LogP contribution is -2.20. The third-order valence-electron chi connectivity index (χ3n) is 3.45. The first-order valence-electron chi connectivity index (χ1n) is 7.76. The molecular formula is C13H19ClN5O4PS. The van der Waals surface area contributed by atoms with E-state index in [1.165, 1.54) is 11.8 Å². The number of rotatable bonds is 7. The molecule has 1 aliphatic heterocycles. The van der Waals surface area contributed by atoms with Gasteiger partial charge in [0.15, 0.2) is 10.8 Å². The number of fused-ring (bicyclic) bond motifs is 1. The van der Waals surface area contributed by atoms with Gasteiger partial charge in [0.05, 0.1) is 32.2 Å². The third kappa shape index (κ3) is 3.94. The first-order valence-corrected chi connectivity index (χ1v) is 10.8. The summed E-state index contributed by atoms with van der Waals surface area (Å²) in [5.74, 6) is 0.721. The van der Waals surface area contributed by atoms with Crippen LogP contribution in [0.1, 0.15) is 13.8 Å². The fourth-order valence-corrected chi connectivity index (χ4v) is 6.22. The predicted octanol–water partition coefficient (Wildman–Crippen LogP) is 2.74. The summed E-state index contributed by atoms with van der Waals surface area (Å²) < 4.78 is 31.2. The van der Waals surface area contributed by atoms with Crippen LogP contribution in [0.15, 0.2) is 6.33 Å². The van der Waals surface area contributed by atoms with Crippen molar-refractivity contribution < 1.29 is 18.3 Å². The van der Waals surface area contributed by atoms with Crippen molar-refractivity contribution in [2.75, 3.05) is 24.7 Å². The van der Waals surface area contributed by atoms with E-state index in [9.17, 15) is 4.57 Å². The van der Waals surface area contributed by atoms with Gasteiger partial charge in [0, 0.05) is 5.75 Å². The van der Waals surface area contributed by atoms with Crippen LogP contribution in [0.2, 0.25) is 5.15 Å². The number of halogens is 1. The van der Waals surface area contributed by atoms with Gasteiger partial charge in [-0.1, -0.05) is 11.6 Å². The SMILES string of the molecule is CCOP(=O)(OCC)C1OC(Cn2cnc3c(Cl)nc(N)nc32)CS1. The van der Waals surface area contributed by atoms with Crippen molar-refractivity contribution >= 4 is 48.1 Å². The number of nitrogens with zero attached hydrogens (tertiary/aromatic N) is 4. The highest BCUT2D eigenvalue weighted by atomic mass is 35.5. The average Bonchev–Trinajstić information content (AvgIpc) is 3.16. The van der Waals surface area contributed by atoms with Gasteiger partial charge in [-0.3, -0.25) is 4.57 Å². The van der Waals surface area contributed by atoms with E-state index in [0.29, 0.717) is 36.7 Å². The van der Waals surface area contributed by atoms with E-state index in [1.54, 1.807) is 24.7 Å². The summed E-state index contributed by atoms with van der Waals surface area (Å²) in [5.41, 5.74) is 6.67. The Kier molecular flexibility index (Phi) is 5.87. The summed E-state index contributed by atoms with van der Waals surface area (Å²) in [6.07, 6.45) is 1.41. The number of nitrogens with two attached hydrogens (primary N) is 1. The molecule has 0 radical (unpaired) electrons. The summed E-state index contributed by atoms with van der Waals surface area (Å²) in [5, 5.41) is -0.437. The van der Waals surface area contributed by atoms with Crippen molar-refractivity contribution in [2.45, 2.75) is 31.7 Å². The van der Waals surface area contributed by atoms with Crippen molar-refractivity contribution in [1.29, 1.82) is 0 Å². The molecule has 2 aromatic heterocycles. The minimum absolute atomic E-state index is 0.0797. The normalized spacial score (nSPS) is 21.2. The van der Waals surface area contributed by atoms with E-state index >= 15 is 0 Å². The maximum Gasteiger partial charge on any atom is 0.369 e. The highest BCUT2D eigenvalue weighted by Crippen LogP contribution is 2.59. The number of nitrogen functional groups attached to an aromatic ring is 1. The van der Waals surface area contributed by atoms with Crippen LogP contribution in [0.5, 0.6) is 0 Å². The Hall–Kier alpha value is -0.900. The fraction of sp³-hybridized carbons (Fsp3) is 0.615. The topological polar surface area (TPSA) is 114 Å². The summed E-state index contributed by atoms with van der Waals surface area (Å²) in [6, 6.07) is 0. The van der Waals surface area contributed by atoms with Crippen LogP contribution < -0.4 is 5.73 Å². The second kappa shape index (κ2) is 7.77. The summed E-state index contributed by atoms with van der Waals surface area (Å²) in [6.45, 7) is 4.60. The molecule has 3 heterocycles. The number of aromatic nitrogens is 4. The van der Waals surface area contributed by atoms with Crippen molar-refractivity contribution in [3.63, 3.8) is 0 Å². The third-order valence-corrected chi connectivity index (χ3v) is 7.77. The maximum absolute atomic E-state index is 12.8. The first kappa shape index (κ1) is 18.9. The molecule has 2 N–H and O–H groups in total. The molecule has 1 fully saturated rings. The van der Waals surface area contributed by atoms with Crippen LogP contribution in [0, 0.1) is 0 Å². The van der Waals surface area contributed by atoms with E-state index in [-0.39, 0.29) is 17.2 Å². The number of thioether (sulfide) groups is 1. The molecule has 0 aromatic carbocycles. The zero-order valence-corrected chi connectivity index (χ0v) is 16.3. The lowest BCUT2D eigenvalue weighted by molar-refractivity contribution is 0.0676. The van der Waals surface area contributed by atoms with Crippen molar-refractivity contribution in [2.24, 2.45) is 0 Å². The molecule has 2 atom stereocenters. The molecule has 0 aliphatic carbocycles. The molecule has 2 unspecified atom stereocenters. The van der Waals surface area contributed by atoms with Gasteiger partial charge < -0.3 is 24.1 Å². The fourth-order valence-electron chi connectivity index (χ4n) is 2.49. The molecule has 0 saturated carbocycles. The van der Waals surface area contributed by atoms with Gasteiger partial charge in [0.1, 0.15) is 5.52 Å². The molecule has 3 rings (SSSR count). The molecular weight excluding hydrogens is 389 g/mol. The Balaban J connectivity index is 1.74. The second-order valence-corrected chi connectivity index (χ2v) is 9.08. The molecule has 0 spiro atoms. The van der Waals surface area contributed by atoms with Crippen LogP contribution in [0.25, 0.3) is 11.2 Å². The average molecular weight is 408 g/mol. The maximum atomic E-state index is 12.8. The summed E-state index contributed by atoms with van der Waals surface area (Å²) in [4.78, 5) is 12.3. The minimum Gasteiger partial charge on any atom is -0.368 e. The highest BCUT2D eigenvalue weighted by Gasteiger charge is 2.43. The van der Waals surface area contributed by atoms with Crippen LogP contribution >= 0.6 is 31.0 Å². The molecule has 25 heavy (non-hydrogen) atoms. The lowest BCUT2D eigenvalue weighted by atomic mass is 10.4.